The van der Waals surface area contributed by atoms with Crippen molar-refractivity contribution in [3.05, 3.63) is 16.3 Å². The molecule has 1 aliphatic rings. The van der Waals surface area contributed by atoms with Gasteiger partial charge in [-0.05, 0) is 19.4 Å². The molecule has 1 aromatic heterocycles. The molecule has 1 unspecified atom stereocenters. The number of aromatic nitrogens is 3. The van der Waals surface area contributed by atoms with Gasteiger partial charge in [0, 0.05) is 19.5 Å². The van der Waals surface area contributed by atoms with Crippen molar-refractivity contribution in [1.82, 2.24) is 19.7 Å². The maximum Gasteiger partial charge on any atom is 0.346 e. The van der Waals surface area contributed by atoms with Crippen molar-refractivity contribution in [3.63, 3.8) is 0 Å². The Hall–Kier alpha value is -1.14. The van der Waals surface area contributed by atoms with Crippen molar-refractivity contribution in [2.24, 2.45) is 0 Å². The van der Waals surface area contributed by atoms with Crippen LogP contribution >= 0.6 is 0 Å². The first kappa shape index (κ1) is 12.3. The van der Waals surface area contributed by atoms with Gasteiger partial charge in [0.05, 0.1) is 12.6 Å². The van der Waals surface area contributed by atoms with E-state index in [0.29, 0.717) is 6.54 Å². The standard InChI is InChI=1S/C11H20N4O2/c1-2-12-7-9(16)8-15-11(17)14-6-4-3-5-10(14)13-15/h9,12,16H,2-8H2,1H3. The zero-order valence-electron chi connectivity index (χ0n) is 10.2. The highest BCUT2D eigenvalue weighted by Crippen LogP contribution is 2.09. The summed E-state index contributed by atoms with van der Waals surface area (Å²) in [6.45, 7) is 4.31. The van der Waals surface area contributed by atoms with Gasteiger partial charge < -0.3 is 10.4 Å². The van der Waals surface area contributed by atoms with Crippen LogP contribution in [0.5, 0.6) is 0 Å². The van der Waals surface area contributed by atoms with Crippen LogP contribution in [0.25, 0.3) is 0 Å². The topological polar surface area (TPSA) is 72.1 Å². The highest BCUT2D eigenvalue weighted by molar-refractivity contribution is 4.91. The molecule has 0 saturated carbocycles. The molecule has 6 nitrogen and oxygen atoms in total. The third kappa shape index (κ3) is 2.76. The Morgan fingerprint density at radius 3 is 3.06 bits per heavy atom. The van der Waals surface area contributed by atoms with Gasteiger partial charge in [0.2, 0.25) is 0 Å². The molecule has 0 aliphatic carbocycles. The molecule has 6 heteroatoms. The number of nitrogens with zero attached hydrogens (tertiary/aromatic N) is 3. The Morgan fingerprint density at radius 1 is 1.53 bits per heavy atom. The van der Waals surface area contributed by atoms with Gasteiger partial charge in [-0.25, -0.2) is 9.48 Å². The maximum absolute atomic E-state index is 12.0. The highest BCUT2D eigenvalue weighted by atomic mass is 16.3. The second-order valence-electron chi connectivity index (χ2n) is 4.45. The van der Waals surface area contributed by atoms with Crippen LogP contribution in [0, 0.1) is 0 Å². The van der Waals surface area contributed by atoms with E-state index in [2.05, 4.69) is 10.4 Å². The van der Waals surface area contributed by atoms with E-state index in [1.807, 2.05) is 6.92 Å². The minimum absolute atomic E-state index is 0.0877. The van der Waals surface area contributed by atoms with Gasteiger partial charge in [-0.1, -0.05) is 6.92 Å². The zero-order chi connectivity index (χ0) is 12.3. The number of nitrogens with one attached hydrogen (secondary N) is 1. The largest absolute Gasteiger partial charge is 0.390 e. The third-order valence-electron chi connectivity index (χ3n) is 3.05. The molecule has 0 fully saturated rings. The fourth-order valence-corrected chi connectivity index (χ4v) is 2.14. The van der Waals surface area contributed by atoms with Crippen molar-refractivity contribution in [1.29, 1.82) is 0 Å². The Morgan fingerprint density at radius 2 is 2.35 bits per heavy atom. The number of hydrogen-bond acceptors (Lipinski definition) is 4. The molecule has 0 bridgehead atoms. The molecule has 0 spiro atoms. The Labute approximate surface area is 100 Å². The van der Waals surface area contributed by atoms with E-state index in [0.717, 1.165) is 38.2 Å². The predicted octanol–water partition coefficient (Wildman–Crippen LogP) is -0.649. The number of rotatable bonds is 5. The molecule has 1 aromatic rings. The minimum Gasteiger partial charge on any atom is -0.390 e. The number of hydrogen-bond donors (Lipinski definition) is 2. The van der Waals surface area contributed by atoms with E-state index in [1.165, 1.54) is 4.68 Å². The number of likely N-dealkylation sites (N-methyl/N-ethyl adjacent to an activating group) is 1. The number of aliphatic hydroxyl groups is 1. The van der Waals surface area contributed by atoms with Crippen LogP contribution in [0.2, 0.25) is 0 Å². The van der Waals surface area contributed by atoms with Crippen molar-refractivity contribution >= 4 is 0 Å². The lowest BCUT2D eigenvalue weighted by Gasteiger charge is -2.09. The highest BCUT2D eigenvalue weighted by Gasteiger charge is 2.17. The minimum atomic E-state index is -0.565. The maximum atomic E-state index is 12.0. The molecule has 0 aromatic carbocycles. The number of aliphatic hydroxyl groups excluding tert-OH is 1. The van der Waals surface area contributed by atoms with E-state index in [-0.39, 0.29) is 12.2 Å². The van der Waals surface area contributed by atoms with E-state index in [1.54, 1.807) is 4.57 Å². The Bertz CT molecular complexity index is 424. The summed E-state index contributed by atoms with van der Waals surface area (Å²) < 4.78 is 3.12. The second-order valence-corrected chi connectivity index (χ2v) is 4.45. The molecule has 2 N–H and O–H groups in total. The van der Waals surface area contributed by atoms with Crippen LogP contribution < -0.4 is 11.0 Å². The summed E-state index contributed by atoms with van der Waals surface area (Å²) in [6.07, 6.45) is 2.44. The fourth-order valence-electron chi connectivity index (χ4n) is 2.14. The van der Waals surface area contributed by atoms with Gasteiger partial charge >= 0.3 is 5.69 Å². The smallest absolute Gasteiger partial charge is 0.346 e. The molecule has 0 radical (unpaired) electrons. The fraction of sp³-hybridized carbons (Fsp3) is 0.818. The van der Waals surface area contributed by atoms with Gasteiger partial charge in [-0.15, -0.1) is 0 Å². The summed E-state index contributed by atoms with van der Waals surface area (Å²) in [5, 5.41) is 17.1. The van der Waals surface area contributed by atoms with E-state index >= 15 is 0 Å². The third-order valence-corrected chi connectivity index (χ3v) is 3.05. The van der Waals surface area contributed by atoms with Gasteiger partial charge in [-0.2, -0.15) is 5.10 Å². The molecule has 2 rings (SSSR count). The summed E-state index contributed by atoms with van der Waals surface area (Å²) in [7, 11) is 0. The molecule has 0 saturated heterocycles. The average Bonchev–Trinajstić information content (AvgIpc) is 2.64. The van der Waals surface area contributed by atoms with Gasteiger partial charge in [0.15, 0.2) is 0 Å². The quantitative estimate of drug-likeness (QED) is 0.717. The van der Waals surface area contributed by atoms with Crippen LogP contribution in [-0.4, -0.2) is 38.6 Å². The monoisotopic (exact) mass is 240 g/mol. The summed E-state index contributed by atoms with van der Waals surface area (Å²) in [6, 6.07) is 0. The van der Waals surface area contributed by atoms with E-state index in [4.69, 9.17) is 0 Å². The second kappa shape index (κ2) is 5.46. The molecule has 1 aliphatic heterocycles. The van der Waals surface area contributed by atoms with Crippen molar-refractivity contribution in [2.75, 3.05) is 13.1 Å². The molecule has 0 amide bonds. The van der Waals surface area contributed by atoms with E-state index in [9.17, 15) is 9.90 Å². The van der Waals surface area contributed by atoms with Crippen LogP contribution in [-0.2, 0) is 19.5 Å². The van der Waals surface area contributed by atoms with Gasteiger partial charge in [0.25, 0.3) is 0 Å². The first-order valence-electron chi connectivity index (χ1n) is 6.27. The lowest BCUT2D eigenvalue weighted by Crippen LogP contribution is -2.35. The average molecular weight is 240 g/mol. The molecule has 96 valence electrons. The zero-order valence-corrected chi connectivity index (χ0v) is 10.2. The normalized spacial score (nSPS) is 16.8. The number of fused-ring (bicyclic) bond motifs is 1. The predicted molar refractivity (Wildman–Crippen MR) is 64.0 cm³/mol. The molecular weight excluding hydrogens is 220 g/mol. The first-order chi connectivity index (χ1) is 8.22. The SMILES string of the molecule is CCNCC(O)Cn1nc2n(c1=O)CCCC2. The summed E-state index contributed by atoms with van der Waals surface area (Å²) in [5.41, 5.74) is -0.0877. The molecule has 2 heterocycles. The van der Waals surface area contributed by atoms with Crippen molar-refractivity contribution < 1.29 is 5.11 Å². The summed E-state index contributed by atoms with van der Waals surface area (Å²) >= 11 is 0. The first-order valence-corrected chi connectivity index (χ1v) is 6.27. The van der Waals surface area contributed by atoms with Crippen LogP contribution in [0.15, 0.2) is 4.79 Å². The van der Waals surface area contributed by atoms with Gasteiger partial charge in [0.1, 0.15) is 5.82 Å². The number of aryl methyl sites for hydroxylation is 1. The molecule has 1 atom stereocenters. The van der Waals surface area contributed by atoms with Crippen LogP contribution in [0.3, 0.4) is 0 Å². The lowest BCUT2D eigenvalue weighted by molar-refractivity contribution is 0.146. The van der Waals surface area contributed by atoms with E-state index < -0.39 is 6.10 Å². The Kier molecular flexibility index (Phi) is 3.96. The molecular formula is C11H20N4O2. The summed E-state index contributed by atoms with van der Waals surface area (Å²) in [5.74, 6) is 0.858. The van der Waals surface area contributed by atoms with Crippen LogP contribution in [0.4, 0.5) is 0 Å². The van der Waals surface area contributed by atoms with Crippen LogP contribution in [0.1, 0.15) is 25.6 Å². The summed E-state index contributed by atoms with van der Waals surface area (Å²) in [4.78, 5) is 12.0. The van der Waals surface area contributed by atoms with Crippen molar-refractivity contribution in [2.45, 2.75) is 45.4 Å². The Balaban J connectivity index is 2.06. The molecule has 17 heavy (non-hydrogen) atoms. The lowest BCUT2D eigenvalue weighted by atomic mass is 10.2. The van der Waals surface area contributed by atoms with Gasteiger partial charge in [-0.3, -0.25) is 4.57 Å². The van der Waals surface area contributed by atoms with Crippen molar-refractivity contribution in [3.8, 4) is 0 Å².